The fourth-order valence-electron chi connectivity index (χ4n) is 2.70. The fraction of sp³-hybridized carbons (Fsp3) is 0.917. The third-order valence-electron chi connectivity index (χ3n) is 3.54. The van der Waals surface area contributed by atoms with Crippen LogP contribution in [0.2, 0.25) is 0 Å². The van der Waals surface area contributed by atoms with E-state index in [0.29, 0.717) is 18.5 Å². The van der Waals surface area contributed by atoms with Crippen molar-refractivity contribution in [3.63, 3.8) is 0 Å². The summed E-state index contributed by atoms with van der Waals surface area (Å²) in [6.07, 6.45) is 5.73. The van der Waals surface area contributed by atoms with E-state index in [9.17, 15) is 4.79 Å². The zero-order valence-corrected chi connectivity index (χ0v) is 10.8. The lowest BCUT2D eigenvalue weighted by atomic mass is 10.2. The van der Waals surface area contributed by atoms with E-state index >= 15 is 0 Å². The molecule has 2 N–H and O–H groups in total. The lowest BCUT2D eigenvalue weighted by Crippen LogP contribution is -2.42. The minimum absolute atomic E-state index is 0.220. The molecule has 92 valence electrons. The Balaban J connectivity index is 1.70. The van der Waals surface area contributed by atoms with E-state index in [0.717, 1.165) is 18.2 Å². The van der Waals surface area contributed by atoms with E-state index in [2.05, 4.69) is 29.3 Å². The van der Waals surface area contributed by atoms with Crippen molar-refractivity contribution >= 4 is 17.7 Å². The molecule has 0 aromatic rings. The van der Waals surface area contributed by atoms with Crippen molar-refractivity contribution in [3.05, 3.63) is 0 Å². The van der Waals surface area contributed by atoms with Crippen molar-refractivity contribution in [1.29, 1.82) is 0 Å². The highest BCUT2D eigenvalue weighted by Crippen LogP contribution is 2.29. The Bertz CT molecular complexity index is 247. The number of hydrogen-bond donors (Lipinski definition) is 2. The van der Waals surface area contributed by atoms with Crippen LogP contribution in [0, 0.1) is 0 Å². The summed E-state index contributed by atoms with van der Waals surface area (Å²) < 4.78 is 0. The van der Waals surface area contributed by atoms with Gasteiger partial charge in [-0.3, -0.25) is 4.79 Å². The molecule has 1 amide bonds. The molecule has 0 aromatic carbocycles. The molecule has 2 rings (SSSR count). The van der Waals surface area contributed by atoms with E-state index in [4.69, 9.17) is 0 Å². The first-order chi connectivity index (χ1) is 7.79. The fourth-order valence-corrected chi connectivity index (χ4v) is 3.92. The summed E-state index contributed by atoms with van der Waals surface area (Å²) in [4.78, 5) is 11.1. The first-order valence-corrected chi connectivity index (χ1v) is 7.49. The molecule has 1 saturated carbocycles. The van der Waals surface area contributed by atoms with Crippen molar-refractivity contribution in [2.45, 2.75) is 56.4 Å². The number of hydrogen-bond acceptors (Lipinski definition) is 3. The summed E-state index contributed by atoms with van der Waals surface area (Å²) in [6.45, 7) is 3.19. The Hall–Kier alpha value is -0.220. The quantitative estimate of drug-likeness (QED) is 0.768. The Morgan fingerprint density at radius 2 is 2.31 bits per heavy atom. The van der Waals surface area contributed by atoms with Gasteiger partial charge >= 0.3 is 0 Å². The Morgan fingerprint density at radius 3 is 3.00 bits per heavy atom. The van der Waals surface area contributed by atoms with Gasteiger partial charge in [0.05, 0.1) is 0 Å². The molecular formula is C12H22N2OS. The van der Waals surface area contributed by atoms with Crippen molar-refractivity contribution < 1.29 is 4.79 Å². The summed E-state index contributed by atoms with van der Waals surface area (Å²) >= 11 is 2.08. The average molecular weight is 242 g/mol. The molecule has 0 spiro atoms. The van der Waals surface area contributed by atoms with Gasteiger partial charge in [-0.25, -0.2) is 0 Å². The highest BCUT2D eigenvalue weighted by Gasteiger charge is 2.28. The highest BCUT2D eigenvalue weighted by molar-refractivity contribution is 7.99. The lowest BCUT2D eigenvalue weighted by molar-refractivity contribution is -0.119. The molecule has 2 aliphatic rings. The standard InChI is InChI=1S/C12H22N2OS/c1-2-16-11-5-3-4-10(11)13-8-9-6-7-12(15)14-9/h9-11,13H,2-8H2,1H3,(H,14,15). The van der Waals surface area contributed by atoms with Crippen LogP contribution in [-0.4, -0.2) is 35.5 Å². The van der Waals surface area contributed by atoms with Crippen LogP contribution in [0.3, 0.4) is 0 Å². The number of carbonyl (C=O) groups is 1. The smallest absolute Gasteiger partial charge is 0.220 e. The zero-order valence-electron chi connectivity index (χ0n) is 10.00. The van der Waals surface area contributed by atoms with E-state index in [-0.39, 0.29) is 5.91 Å². The normalized spacial score (nSPS) is 34.3. The molecular weight excluding hydrogens is 220 g/mol. The van der Waals surface area contributed by atoms with Crippen LogP contribution in [0.4, 0.5) is 0 Å². The summed E-state index contributed by atoms with van der Waals surface area (Å²) in [7, 11) is 0. The molecule has 3 atom stereocenters. The molecule has 1 aliphatic heterocycles. The zero-order chi connectivity index (χ0) is 11.4. The lowest BCUT2D eigenvalue weighted by Gasteiger charge is -2.22. The second kappa shape index (κ2) is 5.92. The second-order valence-corrected chi connectivity index (χ2v) is 6.26. The minimum Gasteiger partial charge on any atom is -0.352 e. The van der Waals surface area contributed by atoms with Crippen molar-refractivity contribution in [1.82, 2.24) is 10.6 Å². The maximum atomic E-state index is 11.1. The van der Waals surface area contributed by atoms with Crippen molar-refractivity contribution in [3.8, 4) is 0 Å². The van der Waals surface area contributed by atoms with Gasteiger partial charge < -0.3 is 10.6 Å². The number of rotatable bonds is 5. The molecule has 4 heteroatoms. The molecule has 1 aliphatic carbocycles. The van der Waals surface area contributed by atoms with Gasteiger partial charge in [0.1, 0.15) is 0 Å². The van der Waals surface area contributed by atoms with Crippen LogP contribution in [0.25, 0.3) is 0 Å². The van der Waals surface area contributed by atoms with Gasteiger partial charge in [0, 0.05) is 30.3 Å². The minimum atomic E-state index is 0.220. The van der Waals surface area contributed by atoms with E-state index < -0.39 is 0 Å². The topological polar surface area (TPSA) is 41.1 Å². The summed E-state index contributed by atoms with van der Waals surface area (Å²) in [5.41, 5.74) is 0. The molecule has 16 heavy (non-hydrogen) atoms. The Kier molecular flexibility index (Phi) is 4.53. The van der Waals surface area contributed by atoms with Crippen molar-refractivity contribution in [2.75, 3.05) is 12.3 Å². The molecule has 0 aromatic heterocycles. The maximum Gasteiger partial charge on any atom is 0.220 e. The van der Waals surface area contributed by atoms with Crippen LogP contribution < -0.4 is 10.6 Å². The summed E-state index contributed by atoms with van der Waals surface area (Å²) in [5.74, 6) is 1.43. The predicted molar refractivity (Wildman–Crippen MR) is 68.7 cm³/mol. The van der Waals surface area contributed by atoms with Crippen LogP contribution in [0.15, 0.2) is 0 Å². The van der Waals surface area contributed by atoms with E-state index in [1.165, 1.54) is 25.0 Å². The number of carbonyl (C=O) groups excluding carboxylic acids is 1. The molecule has 1 heterocycles. The summed E-state index contributed by atoms with van der Waals surface area (Å²) in [5, 5.41) is 7.45. The third-order valence-corrected chi connectivity index (χ3v) is 4.87. The Morgan fingerprint density at radius 1 is 1.44 bits per heavy atom. The van der Waals surface area contributed by atoms with Gasteiger partial charge in [-0.15, -0.1) is 0 Å². The molecule has 1 saturated heterocycles. The monoisotopic (exact) mass is 242 g/mol. The van der Waals surface area contributed by atoms with Gasteiger partial charge in [0.25, 0.3) is 0 Å². The summed E-state index contributed by atoms with van der Waals surface area (Å²) in [6, 6.07) is 1.04. The Labute approximate surface area is 102 Å². The van der Waals surface area contributed by atoms with E-state index in [1.807, 2.05) is 0 Å². The maximum absolute atomic E-state index is 11.1. The number of amides is 1. The first kappa shape index (κ1) is 12.2. The predicted octanol–water partition coefficient (Wildman–Crippen LogP) is 1.53. The van der Waals surface area contributed by atoms with Gasteiger partial charge in [0.15, 0.2) is 0 Å². The van der Waals surface area contributed by atoms with E-state index in [1.54, 1.807) is 0 Å². The van der Waals surface area contributed by atoms with Crippen LogP contribution >= 0.6 is 11.8 Å². The van der Waals surface area contributed by atoms with Crippen LogP contribution in [-0.2, 0) is 4.79 Å². The van der Waals surface area contributed by atoms with Gasteiger partial charge in [-0.1, -0.05) is 13.3 Å². The highest BCUT2D eigenvalue weighted by atomic mass is 32.2. The average Bonchev–Trinajstić information content (AvgIpc) is 2.85. The number of nitrogens with one attached hydrogen (secondary N) is 2. The molecule has 0 bridgehead atoms. The third kappa shape index (κ3) is 3.14. The van der Waals surface area contributed by atoms with Crippen LogP contribution in [0.1, 0.15) is 39.0 Å². The number of thioether (sulfide) groups is 1. The first-order valence-electron chi connectivity index (χ1n) is 6.44. The van der Waals surface area contributed by atoms with Crippen molar-refractivity contribution in [2.24, 2.45) is 0 Å². The molecule has 2 fully saturated rings. The van der Waals surface area contributed by atoms with Crippen LogP contribution in [0.5, 0.6) is 0 Å². The van der Waals surface area contributed by atoms with Gasteiger partial charge in [0.2, 0.25) is 5.91 Å². The molecule has 3 unspecified atom stereocenters. The SMILES string of the molecule is CCSC1CCCC1NCC1CCC(=O)N1. The van der Waals surface area contributed by atoms with Gasteiger partial charge in [-0.05, 0) is 25.0 Å². The largest absolute Gasteiger partial charge is 0.352 e. The molecule has 0 radical (unpaired) electrons. The molecule has 3 nitrogen and oxygen atoms in total. The van der Waals surface area contributed by atoms with Gasteiger partial charge in [-0.2, -0.15) is 11.8 Å². The second-order valence-electron chi connectivity index (χ2n) is 4.74.